The lowest BCUT2D eigenvalue weighted by molar-refractivity contribution is -0.146. The van der Waals surface area contributed by atoms with Gasteiger partial charge in [-0.15, -0.1) is 0 Å². The summed E-state index contributed by atoms with van der Waals surface area (Å²) >= 11 is 0. The molecule has 1 heterocycles. The summed E-state index contributed by atoms with van der Waals surface area (Å²) in [4.78, 5) is 35.7. The molecule has 0 saturated carbocycles. The van der Waals surface area contributed by atoms with Crippen LogP contribution in [0.2, 0.25) is 0 Å². The van der Waals surface area contributed by atoms with Gasteiger partial charge in [0.25, 0.3) is 0 Å². The molecule has 2 unspecified atom stereocenters. The molecule has 1 rings (SSSR count). The second-order valence-electron chi connectivity index (χ2n) is 7.46. The van der Waals surface area contributed by atoms with Crippen LogP contribution in [0.1, 0.15) is 47.5 Å². The average molecular weight is 396 g/mol. The number of carbonyl (C=O) groups is 3. The maximum absolute atomic E-state index is 12.9. The molecule has 1 aliphatic rings. The van der Waals surface area contributed by atoms with Crippen molar-refractivity contribution in [3.05, 3.63) is 24.3 Å². The van der Waals surface area contributed by atoms with Crippen LogP contribution in [0.15, 0.2) is 24.3 Å². The molecule has 1 aliphatic heterocycles. The molecule has 158 valence electrons. The van der Waals surface area contributed by atoms with E-state index in [1.165, 1.54) is 6.92 Å². The van der Waals surface area contributed by atoms with E-state index in [4.69, 9.17) is 9.47 Å². The Morgan fingerprint density at radius 1 is 1.32 bits per heavy atom. The van der Waals surface area contributed by atoms with Crippen LogP contribution >= 0.6 is 0 Å². The van der Waals surface area contributed by atoms with Crippen molar-refractivity contribution in [1.29, 1.82) is 0 Å². The summed E-state index contributed by atoms with van der Waals surface area (Å²) in [6, 6.07) is 0. The van der Waals surface area contributed by atoms with Gasteiger partial charge < -0.3 is 19.7 Å². The number of rotatable bonds is 12. The number of ether oxygens (including phenoxy) is 2. The molecule has 0 aromatic heterocycles. The Morgan fingerprint density at radius 3 is 2.43 bits per heavy atom. The van der Waals surface area contributed by atoms with E-state index in [1.54, 1.807) is 13.8 Å². The molecule has 0 amide bonds. The Balaban J connectivity index is 2.99. The number of hydrogen-bond acceptors (Lipinski definition) is 7. The third kappa shape index (κ3) is 5.83. The fraction of sp³-hybridized carbons (Fsp3) is 0.667. The van der Waals surface area contributed by atoms with Gasteiger partial charge in [0.05, 0.1) is 24.2 Å². The van der Waals surface area contributed by atoms with Crippen LogP contribution in [0.3, 0.4) is 0 Å². The van der Waals surface area contributed by atoms with Crippen molar-refractivity contribution >= 4 is 17.5 Å². The lowest BCUT2D eigenvalue weighted by atomic mass is 9.81. The Morgan fingerprint density at radius 2 is 1.93 bits per heavy atom. The molecule has 7 nitrogen and oxygen atoms in total. The highest BCUT2D eigenvalue weighted by Gasteiger charge is 2.61. The SMILES string of the molecule is C=C(C(=O)[C@H](COC(C)=O)[C@H](O)C1(C)O[C@@H]1[C@@H](C)C=CC)C(O)CC(=O)CC. The number of hydrogen-bond donors (Lipinski definition) is 2. The number of epoxide rings is 1. The highest BCUT2D eigenvalue weighted by atomic mass is 16.6. The highest BCUT2D eigenvalue weighted by molar-refractivity contribution is 5.99. The molecule has 6 atom stereocenters. The van der Waals surface area contributed by atoms with Gasteiger partial charge in [0, 0.05) is 31.3 Å². The first kappa shape index (κ1) is 24.2. The Labute approximate surface area is 166 Å². The lowest BCUT2D eigenvalue weighted by Gasteiger charge is -2.27. The third-order valence-corrected chi connectivity index (χ3v) is 5.17. The zero-order valence-corrected chi connectivity index (χ0v) is 17.3. The predicted octanol–water partition coefficient (Wildman–Crippen LogP) is 1.75. The first-order chi connectivity index (χ1) is 13.0. The quantitative estimate of drug-likeness (QED) is 0.224. The summed E-state index contributed by atoms with van der Waals surface area (Å²) in [7, 11) is 0. The normalized spacial score (nSPS) is 25.6. The van der Waals surface area contributed by atoms with Crippen LogP contribution in [-0.4, -0.2) is 58.3 Å². The molecule has 0 aromatic carbocycles. The van der Waals surface area contributed by atoms with E-state index in [2.05, 4.69) is 6.58 Å². The second-order valence-corrected chi connectivity index (χ2v) is 7.46. The second kappa shape index (κ2) is 10.1. The average Bonchev–Trinajstić information content (AvgIpc) is 3.33. The highest BCUT2D eigenvalue weighted by Crippen LogP contribution is 2.46. The number of aliphatic hydroxyl groups excluding tert-OH is 2. The van der Waals surface area contributed by atoms with E-state index in [-0.39, 0.29) is 42.8 Å². The van der Waals surface area contributed by atoms with E-state index >= 15 is 0 Å². The van der Waals surface area contributed by atoms with E-state index in [0.717, 1.165) is 0 Å². The van der Waals surface area contributed by atoms with Gasteiger partial charge in [-0.05, 0) is 13.8 Å². The smallest absolute Gasteiger partial charge is 0.302 e. The zero-order chi connectivity index (χ0) is 21.6. The van der Waals surface area contributed by atoms with Crippen molar-refractivity contribution in [2.45, 2.75) is 71.4 Å². The summed E-state index contributed by atoms with van der Waals surface area (Å²) in [6.45, 7) is 11.6. The fourth-order valence-electron chi connectivity index (χ4n) is 3.31. The van der Waals surface area contributed by atoms with Crippen LogP contribution < -0.4 is 0 Å². The van der Waals surface area contributed by atoms with E-state index < -0.39 is 35.5 Å². The molecule has 1 fully saturated rings. The first-order valence-corrected chi connectivity index (χ1v) is 9.54. The molecular weight excluding hydrogens is 364 g/mol. The van der Waals surface area contributed by atoms with Gasteiger partial charge in [0.2, 0.25) is 0 Å². The minimum atomic E-state index is -1.35. The third-order valence-electron chi connectivity index (χ3n) is 5.17. The minimum Gasteiger partial charge on any atom is -0.465 e. The molecule has 0 bridgehead atoms. The summed E-state index contributed by atoms with van der Waals surface area (Å²) in [5.41, 5.74) is -1.19. The standard InChI is InChI=1S/C21H32O7/c1-7-9-12(3)20-21(6,28-20)19(26)16(11-27-14(5)22)18(25)13(4)17(24)10-15(23)8-2/h7,9,12,16-17,19-20,24,26H,4,8,10-11H2,1-3,5-6H3/t12-,16-,17?,19-,20+,21?/m0/s1. The number of allylic oxidation sites excluding steroid dienone is 1. The van der Waals surface area contributed by atoms with E-state index in [9.17, 15) is 24.6 Å². The van der Waals surface area contributed by atoms with Crippen LogP contribution in [0.25, 0.3) is 0 Å². The Kier molecular flexibility index (Phi) is 8.73. The molecule has 28 heavy (non-hydrogen) atoms. The van der Waals surface area contributed by atoms with Crippen molar-refractivity contribution in [1.82, 2.24) is 0 Å². The summed E-state index contributed by atoms with van der Waals surface area (Å²) in [5, 5.41) is 21.0. The van der Waals surface area contributed by atoms with Gasteiger partial charge in [0.1, 0.15) is 18.0 Å². The van der Waals surface area contributed by atoms with Crippen molar-refractivity contribution in [2.75, 3.05) is 6.61 Å². The monoisotopic (exact) mass is 396 g/mol. The molecule has 2 N–H and O–H groups in total. The molecule has 0 aromatic rings. The summed E-state index contributed by atoms with van der Waals surface area (Å²) < 4.78 is 10.7. The summed E-state index contributed by atoms with van der Waals surface area (Å²) in [5.74, 6) is -2.60. The van der Waals surface area contributed by atoms with Gasteiger partial charge in [-0.1, -0.05) is 32.6 Å². The predicted molar refractivity (Wildman–Crippen MR) is 103 cm³/mol. The van der Waals surface area contributed by atoms with Crippen molar-refractivity contribution in [3.63, 3.8) is 0 Å². The Bertz CT molecular complexity index is 639. The maximum Gasteiger partial charge on any atom is 0.302 e. The molecule has 7 heteroatoms. The van der Waals surface area contributed by atoms with Crippen LogP contribution in [0.4, 0.5) is 0 Å². The Hall–Kier alpha value is -1.83. The van der Waals surface area contributed by atoms with Crippen LogP contribution in [-0.2, 0) is 23.9 Å². The number of aliphatic hydroxyl groups is 2. The van der Waals surface area contributed by atoms with Gasteiger partial charge >= 0.3 is 5.97 Å². The van der Waals surface area contributed by atoms with Gasteiger partial charge in [0.15, 0.2) is 5.78 Å². The number of Topliss-reactive ketones (excluding diaryl/α,β-unsaturated/α-hetero) is 2. The van der Waals surface area contributed by atoms with E-state index in [1.807, 2.05) is 26.0 Å². The van der Waals surface area contributed by atoms with E-state index in [0.29, 0.717) is 0 Å². The number of carbonyl (C=O) groups excluding carboxylic acids is 3. The topological polar surface area (TPSA) is 113 Å². The van der Waals surface area contributed by atoms with Gasteiger partial charge in [-0.25, -0.2) is 0 Å². The zero-order valence-electron chi connectivity index (χ0n) is 17.3. The molecule has 0 spiro atoms. The van der Waals surface area contributed by atoms with Crippen LogP contribution in [0.5, 0.6) is 0 Å². The van der Waals surface area contributed by atoms with Gasteiger partial charge in [-0.2, -0.15) is 0 Å². The lowest BCUT2D eigenvalue weighted by Crippen LogP contribution is -2.44. The molecule has 0 radical (unpaired) electrons. The van der Waals surface area contributed by atoms with Crippen LogP contribution in [0, 0.1) is 11.8 Å². The molecule has 0 aliphatic carbocycles. The van der Waals surface area contributed by atoms with Crippen molar-refractivity contribution < 1.29 is 34.1 Å². The number of ketones is 2. The van der Waals surface area contributed by atoms with Crippen molar-refractivity contribution in [2.24, 2.45) is 11.8 Å². The minimum absolute atomic E-state index is 0.0186. The van der Waals surface area contributed by atoms with Crippen molar-refractivity contribution in [3.8, 4) is 0 Å². The fourth-order valence-corrected chi connectivity index (χ4v) is 3.31. The number of esters is 1. The molecular formula is C21H32O7. The van der Waals surface area contributed by atoms with Gasteiger partial charge in [-0.3, -0.25) is 14.4 Å². The first-order valence-electron chi connectivity index (χ1n) is 9.54. The molecule has 1 saturated heterocycles. The maximum atomic E-state index is 12.9. The largest absolute Gasteiger partial charge is 0.465 e. The summed E-state index contributed by atoms with van der Waals surface area (Å²) in [6.07, 6.45) is 0.890.